The summed E-state index contributed by atoms with van der Waals surface area (Å²) in [6.07, 6.45) is 1.90. The van der Waals surface area contributed by atoms with Crippen molar-refractivity contribution in [1.29, 1.82) is 0 Å². The van der Waals surface area contributed by atoms with E-state index in [1.807, 2.05) is 26.0 Å². The van der Waals surface area contributed by atoms with Gasteiger partial charge >= 0.3 is 5.97 Å². The maximum Gasteiger partial charge on any atom is 0.331 e. The van der Waals surface area contributed by atoms with E-state index < -0.39 is 5.54 Å². The number of carbonyl (C=O) groups is 1. The normalized spacial score (nSPS) is 17.4. The number of esters is 1. The summed E-state index contributed by atoms with van der Waals surface area (Å²) < 4.78 is 10.7. The molecule has 1 atom stereocenters. The van der Waals surface area contributed by atoms with Gasteiger partial charge in [-0.05, 0) is 51.2 Å². The Bertz CT molecular complexity index is 523. The highest BCUT2D eigenvalue weighted by Crippen LogP contribution is 2.48. The maximum atomic E-state index is 12.4. The van der Waals surface area contributed by atoms with E-state index in [9.17, 15) is 4.79 Å². The molecule has 1 saturated carbocycles. The van der Waals surface area contributed by atoms with Gasteiger partial charge in [-0.1, -0.05) is 11.6 Å². The topological polar surface area (TPSA) is 61.5 Å². The maximum absolute atomic E-state index is 12.4. The lowest BCUT2D eigenvalue weighted by Gasteiger charge is -2.30. The molecule has 0 amide bonds. The van der Waals surface area contributed by atoms with Gasteiger partial charge in [0.1, 0.15) is 11.3 Å². The number of rotatable bonds is 5. The molecule has 0 saturated heterocycles. The average Bonchev–Trinajstić information content (AvgIpc) is 3.21. The van der Waals surface area contributed by atoms with Crippen LogP contribution in [0, 0.1) is 19.8 Å². The van der Waals surface area contributed by atoms with Gasteiger partial charge in [0.2, 0.25) is 0 Å². The molecule has 0 heterocycles. The highest BCUT2D eigenvalue weighted by molar-refractivity contribution is 5.84. The third-order valence-electron chi connectivity index (χ3n) is 3.90. The first-order valence-corrected chi connectivity index (χ1v) is 7.06. The van der Waals surface area contributed by atoms with Gasteiger partial charge in [-0.3, -0.25) is 0 Å². The van der Waals surface area contributed by atoms with Gasteiger partial charge in [0, 0.05) is 5.56 Å². The fourth-order valence-electron chi connectivity index (χ4n) is 2.82. The van der Waals surface area contributed by atoms with Gasteiger partial charge in [-0.25, -0.2) is 4.79 Å². The minimum atomic E-state index is -1.10. The number of ether oxygens (including phenoxy) is 2. The quantitative estimate of drug-likeness (QED) is 0.840. The summed E-state index contributed by atoms with van der Waals surface area (Å²) >= 11 is 0. The zero-order chi connectivity index (χ0) is 14.9. The van der Waals surface area contributed by atoms with Crippen molar-refractivity contribution >= 4 is 5.97 Å². The van der Waals surface area contributed by atoms with Crippen molar-refractivity contribution in [2.45, 2.75) is 39.2 Å². The Morgan fingerprint density at radius 2 is 2.05 bits per heavy atom. The van der Waals surface area contributed by atoms with Crippen LogP contribution in [0.2, 0.25) is 0 Å². The lowest BCUT2D eigenvalue weighted by atomic mass is 9.83. The highest BCUT2D eigenvalue weighted by atomic mass is 16.5. The Kier molecular flexibility index (Phi) is 4.04. The van der Waals surface area contributed by atoms with Crippen LogP contribution in [-0.2, 0) is 15.1 Å². The van der Waals surface area contributed by atoms with Crippen LogP contribution in [0.1, 0.15) is 36.5 Å². The summed E-state index contributed by atoms with van der Waals surface area (Å²) in [6.45, 7) is 6.09. The summed E-state index contributed by atoms with van der Waals surface area (Å²) in [7, 11) is 1.61. The molecule has 1 aromatic rings. The van der Waals surface area contributed by atoms with E-state index in [1.54, 1.807) is 14.0 Å². The molecule has 0 aliphatic heterocycles. The van der Waals surface area contributed by atoms with Gasteiger partial charge in [0.25, 0.3) is 0 Å². The lowest BCUT2D eigenvalue weighted by Crippen LogP contribution is -2.48. The first-order valence-electron chi connectivity index (χ1n) is 7.06. The molecule has 1 aliphatic carbocycles. The molecule has 1 fully saturated rings. The Morgan fingerprint density at radius 1 is 1.40 bits per heavy atom. The van der Waals surface area contributed by atoms with Crippen molar-refractivity contribution in [2.24, 2.45) is 11.7 Å². The Morgan fingerprint density at radius 3 is 2.55 bits per heavy atom. The second-order valence-electron chi connectivity index (χ2n) is 5.53. The van der Waals surface area contributed by atoms with Crippen molar-refractivity contribution in [2.75, 3.05) is 13.7 Å². The van der Waals surface area contributed by atoms with Gasteiger partial charge in [-0.15, -0.1) is 0 Å². The van der Waals surface area contributed by atoms with Crippen LogP contribution in [0.15, 0.2) is 12.1 Å². The molecule has 0 spiro atoms. The zero-order valence-corrected chi connectivity index (χ0v) is 12.7. The van der Waals surface area contributed by atoms with Gasteiger partial charge < -0.3 is 15.2 Å². The minimum Gasteiger partial charge on any atom is -0.496 e. The fourth-order valence-corrected chi connectivity index (χ4v) is 2.82. The van der Waals surface area contributed by atoms with Crippen molar-refractivity contribution in [3.8, 4) is 5.75 Å². The van der Waals surface area contributed by atoms with Crippen molar-refractivity contribution < 1.29 is 14.3 Å². The lowest BCUT2D eigenvalue weighted by molar-refractivity contribution is -0.151. The molecule has 1 aromatic carbocycles. The molecule has 1 unspecified atom stereocenters. The van der Waals surface area contributed by atoms with E-state index in [2.05, 4.69) is 0 Å². The third kappa shape index (κ3) is 2.40. The van der Waals surface area contributed by atoms with E-state index in [1.165, 1.54) is 0 Å². The van der Waals surface area contributed by atoms with Crippen LogP contribution in [0.4, 0.5) is 0 Å². The number of aryl methyl sites for hydroxylation is 2. The van der Waals surface area contributed by atoms with Crippen LogP contribution < -0.4 is 10.5 Å². The second kappa shape index (κ2) is 5.44. The molecule has 4 heteroatoms. The third-order valence-corrected chi connectivity index (χ3v) is 3.90. The first-order chi connectivity index (χ1) is 9.44. The number of hydrogen-bond acceptors (Lipinski definition) is 4. The van der Waals surface area contributed by atoms with Crippen LogP contribution in [0.25, 0.3) is 0 Å². The van der Waals surface area contributed by atoms with Crippen molar-refractivity contribution in [1.82, 2.24) is 0 Å². The SMILES string of the molecule is CCOC(=O)C(N)(c1cc(C)cc(C)c1OC)C1CC1. The van der Waals surface area contributed by atoms with Crippen molar-refractivity contribution in [3.63, 3.8) is 0 Å². The van der Waals surface area contributed by atoms with Crippen LogP contribution in [-0.4, -0.2) is 19.7 Å². The Balaban J connectivity index is 2.57. The predicted molar refractivity (Wildman–Crippen MR) is 77.7 cm³/mol. The van der Waals surface area contributed by atoms with Gasteiger partial charge in [0.15, 0.2) is 0 Å². The van der Waals surface area contributed by atoms with Gasteiger partial charge in [-0.2, -0.15) is 0 Å². The molecule has 0 radical (unpaired) electrons. The molecular weight excluding hydrogens is 254 g/mol. The molecule has 2 N–H and O–H groups in total. The molecule has 20 heavy (non-hydrogen) atoms. The molecule has 0 bridgehead atoms. The smallest absolute Gasteiger partial charge is 0.331 e. The van der Waals surface area contributed by atoms with E-state index >= 15 is 0 Å². The van der Waals surface area contributed by atoms with E-state index in [4.69, 9.17) is 15.2 Å². The minimum absolute atomic E-state index is 0.136. The summed E-state index contributed by atoms with van der Waals surface area (Å²) in [5.41, 5.74) is 8.22. The molecule has 1 aliphatic rings. The number of carbonyl (C=O) groups excluding carboxylic acids is 1. The summed E-state index contributed by atoms with van der Waals surface area (Å²) in [5, 5.41) is 0. The van der Waals surface area contributed by atoms with Crippen LogP contribution in [0.3, 0.4) is 0 Å². The number of benzene rings is 1. The summed E-state index contributed by atoms with van der Waals surface area (Å²) in [5.74, 6) is 0.473. The van der Waals surface area contributed by atoms with Crippen molar-refractivity contribution in [3.05, 3.63) is 28.8 Å². The standard InChI is InChI=1S/C16H23NO3/c1-5-20-15(18)16(17,12-6-7-12)13-9-10(2)8-11(3)14(13)19-4/h8-9,12H,5-7,17H2,1-4H3. The molecule has 2 rings (SSSR count). The molecular formula is C16H23NO3. The van der Waals surface area contributed by atoms with Crippen LogP contribution in [0.5, 0.6) is 5.75 Å². The molecule has 110 valence electrons. The van der Waals surface area contributed by atoms with E-state index in [0.29, 0.717) is 12.4 Å². The number of hydrogen-bond donors (Lipinski definition) is 1. The number of methoxy groups -OCH3 is 1. The average molecular weight is 277 g/mol. The predicted octanol–water partition coefficient (Wildman–Crippen LogP) is 2.44. The van der Waals surface area contributed by atoms with E-state index in [0.717, 1.165) is 29.5 Å². The van der Waals surface area contributed by atoms with E-state index in [-0.39, 0.29) is 11.9 Å². The number of nitrogens with two attached hydrogens (primary N) is 1. The largest absolute Gasteiger partial charge is 0.496 e. The first kappa shape index (κ1) is 14.9. The molecule has 4 nitrogen and oxygen atoms in total. The van der Waals surface area contributed by atoms with Gasteiger partial charge in [0.05, 0.1) is 13.7 Å². The summed E-state index contributed by atoms with van der Waals surface area (Å²) in [6, 6.07) is 3.97. The second-order valence-corrected chi connectivity index (χ2v) is 5.53. The monoisotopic (exact) mass is 277 g/mol. The fraction of sp³-hybridized carbons (Fsp3) is 0.562. The van der Waals surface area contributed by atoms with Crippen LogP contribution >= 0.6 is 0 Å². The zero-order valence-electron chi connectivity index (χ0n) is 12.7. The Labute approximate surface area is 120 Å². The Hall–Kier alpha value is -1.55. The molecule has 0 aromatic heterocycles. The highest BCUT2D eigenvalue weighted by Gasteiger charge is 2.52. The summed E-state index contributed by atoms with van der Waals surface area (Å²) in [4.78, 5) is 12.4.